The van der Waals surface area contributed by atoms with Crippen molar-refractivity contribution in [2.24, 2.45) is 5.41 Å². The SMILES string of the molecule is CC(C)(CO)C(=O)SCCOP(=O)(NCc1ccccc1)OC[C@H]1O[C@@H](n2ccc(=O)[nH]c2=O)[C@@H](O)C1(C)O. The second-order valence-corrected chi connectivity index (χ2v) is 12.7. The fourth-order valence-corrected chi connectivity index (χ4v) is 5.77. The highest BCUT2D eigenvalue weighted by Crippen LogP contribution is 2.46. The minimum atomic E-state index is -4.04. The van der Waals surface area contributed by atoms with Crippen LogP contribution in [0.5, 0.6) is 0 Å². The Morgan fingerprint density at radius 1 is 1.26 bits per heavy atom. The second-order valence-electron chi connectivity index (χ2n) is 9.83. The molecule has 1 saturated heterocycles. The van der Waals surface area contributed by atoms with Crippen molar-refractivity contribution in [3.05, 3.63) is 69.0 Å². The van der Waals surface area contributed by atoms with Crippen LogP contribution in [0.4, 0.5) is 0 Å². The van der Waals surface area contributed by atoms with E-state index in [1.54, 1.807) is 38.1 Å². The smallest absolute Gasteiger partial charge is 0.395 e. The average molecular weight is 588 g/mol. The van der Waals surface area contributed by atoms with Crippen LogP contribution in [-0.2, 0) is 29.7 Å². The lowest BCUT2D eigenvalue weighted by atomic mass is 9.95. The van der Waals surface area contributed by atoms with E-state index >= 15 is 0 Å². The van der Waals surface area contributed by atoms with Gasteiger partial charge in [-0.3, -0.25) is 28.2 Å². The molecule has 0 bridgehead atoms. The highest BCUT2D eigenvalue weighted by molar-refractivity contribution is 8.13. The number of aromatic nitrogens is 2. The molecule has 3 rings (SSSR count). The molecule has 0 radical (unpaired) electrons. The fraction of sp³-hybridized carbons (Fsp3) is 0.542. The van der Waals surface area contributed by atoms with E-state index < -0.39 is 55.1 Å². The Morgan fingerprint density at radius 3 is 2.59 bits per heavy atom. The standard InChI is InChI=1S/C24H34N3O10PS/c1-23(2,15-28)21(31)39-12-11-35-38(34,25-13-16-7-5-4-6-8-16)36-14-17-24(3,33)19(30)20(37-17)27-10-9-18(29)26-22(27)32/h4-10,17,19-20,28,30,33H,11-15H2,1-3H3,(H,25,34)(H,26,29,32)/t17-,19-,20-,24?,38?/m1/s1. The Morgan fingerprint density at radius 2 is 1.95 bits per heavy atom. The third-order valence-corrected chi connectivity index (χ3v) is 8.93. The Hall–Kier alpha value is -2.13. The van der Waals surface area contributed by atoms with Crippen molar-refractivity contribution < 1.29 is 38.5 Å². The maximum absolute atomic E-state index is 13.6. The van der Waals surface area contributed by atoms with Gasteiger partial charge in [-0.05, 0) is 26.3 Å². The summed E-state index contributed by atoms with van der Waals surface area (Å²) in [6, 6.07) is 10.1. The van der Waals surface area contributed by atoms with Gasteiger partial charge in [0, 0.05) is 24.6 Å². The number of nitrogens with zero attached hydrogens (tertiary/aromatic N) is 1. The molecule has 0 amide bonds. The Kier molecular flexibility index (Phi) is 10.5. The van der Waals surface area contributed by atoms with Gasteiger partial charge in [-0.1, -0.05) is 42.1 Å². The van der Waals surface area contributed by atoms with Crippen molar-refractivity contribution in [1.82, 2.24) is 14.6 Å². The number of ether oxygens (including phenoxy) is 1. The summed E-state index contributed by atoms with van der Waals surface area (Å²) in [6.45, 7) is 3.64. The summed E-state index contributed by atoms with van der Waals surface area (Å²) in [5, 5.41) is 33.4. The molecule has 13 nitrogen and oxygen atoms in total. The number of benzene rings is 1. The second kappa shape index (κ2) is 13.0. The van der Waals surface area contributed by atoms with Gasteiger partial charge in [0.1, 0.15) is 17.8 Å². The predicted molar refractivity (Wildman–Crippen MR) is 143 cm³/mol. The molecule has 0 spiro atoms. The van der Waals surface area contributed by atoms with Crippen LogP contribution in [0.1, 0.15) is 32.6 Å². The lowest BCUT2D eigenvalue weighted by Crippen LogP contribution is -2.47. The van der Waals surface area contributed by atoms with E-state index in [-0.39, 0.29) is 30.6 Å². The number of H-pyrrole nitrogens is 1. The normalized spacial score (nSPS) is 24.9. The molecular weight excluding hydrogens is 553 g/mol. The number of nitrogens with one attached hydrogen (secondary N) is 2. The van der Waals surface area contributed by atoms with Gasteiger partial charge in [-0.15, -0.1) is 0 Å². The maximum atomic E-state index is 13.6. The van der Waals surface area contributed by atoms with Crippen molar-refractivity contribution >= 4 is 24.6 Å². The van der Waals surface area contributed by atoms with Crippen LogP contribution in [0.3, 0.4) is 0 Å². The molecule has 1 aromatic heterocycles. The molecule has 2 heterocycles. The number of carbonyl (C=O) groups is 1. The number of aliphatic hydroxyl groups excluding tert-OH is 2. The number of thioether (sulfide) groups is 1. The summed E-state index contributed by atoms with van der Waals surface area (Å²) in [5.74, 6) is 0.135. The van der Waals surface area contributed by atoms with Gasteiger partial charge in [0.05, 0.1) is 25.2 Å². The van der Waals surface area contributed by atoms with Crippen molar-refractivity contribution in [2.75, 3.05) is 25.6 Å². The van der Waals surface area contributed by atoms with E-state index in [4.69, 9.17) is 13.8 Å². The molecular formula is C24H34N3O10PS. The quantitative estimate of drug-likeness (QED) is 0.164. The highest BCUT2D eigenvalue weighted by Gasteiger charge is 2.53. The zero-order valence-electron chi connectivity index (χ0n) is 21.8. The first kappa shape index (κ1) is 31.4. The molecule has 39 heavy (non-hydrogen) atoms. The Balaban J connectivity index is 1.69. The highest BCUT2D eigenvalue weighted by atomic mass is 32.2. The lowest BCUT2D eigenvalue weighted by Gasteiger charge is -2.27. The van der Waals surface area contributed by atoms with Crippen LogP contribution in [0.2, 0.25) is 0 Å². The maximum Gasteiger partial charge on any atom is 0.405 e. The fourth-order valence-electron chi connectivity index (χ4n) is 3.54. The third kappa shape index (κ3) is 7.97. The number of carbonyl (C=O) groups excluding carboxylic acids is 1. The first-order valence-electron chi connectivity index (χ1n) is 12.1. The molecule has 2 aromatic rings. The Labute approximate surface area is 229 Å². The van der Waals surface area contributed by atoms with Crippen LogP contribution in [0.15, 0.2) is 52.2 Å². The topological polar surface area (TPSA) is 189 Å². The molecule has 1 aromatic carbocycles. The number of aromatic amines is 1. The van der Waals surface area contributed by atoms with Gasteiger partial charge in [0.15, 0.2) is 11.3 Å². The van der Waals surface area contributed by atoms with Gasteiger partial charge in [0.2, 0.25) is 0 Å². The summed E-state index contributed by atoms with van der Waals surface area (Å²) in [7, 11) is -4.04. The molecule has 216 valence electrons. The van der Waals surface area contributed by atoms with E-state index in [2.05, 4.69) is 5.09 Å². The van der Waals surface area contributed by atoms with Gasteiger partial charge >= 0.3 is 13.4 Å². The van der Waals surface area contributed by atoms with Gasteiger partial charge in [-0.25, -0.2) is 14.4 Å². The van der Waals surface area contributed by atoms with Gasteiger partial charge < -0.3 is 20.1 Å². The molecule has 1 aliphatic heterocycles. The van der Waals surface area contributed by atoms with E-state index in [0.29, 0.717) is 0 Å². The summed E-state index contributed by atoms with van der Waals surface area (Å²) in [6.07, 6.45) is -3.06. The summed E-state index contributed by atoms with van der Waals surface area (Å²) >= 11 is 0.923. The summed E-state index contributed by atoms with van der Waals surface area (Å²) < 4.78 is 31.3. The number of rotatable bonds is 13. The van der Waals surface area contributed by atoms with Crippen LogP contribution in [0, 0.1) is 5.41 Å². The molecule has 15 heteroatoms. The van der Waals surface area contributed by atoms with E-state index in [1.807, 2.05) is 11.1 Å². The van der Waals surface area contributed by atoms with Crippen LogP contribution < -0.4 is 16.3 Å². The summed E-state index contributed by atoms with van der Waals surface area (Å²) in [5.41, 5.74) is -3.57. The predicted octanol–water partition coefficient (Wildman–Crippen LogP) is 0.755. The first-order valence-corrected chi connectivity index (χ1v) is 14.7. The lowest BCUT2D eigenvalue weighted by molar-refractivity contribution is -0.119. The first-order chi connectivity index (χ1) is 18.3. The number of hydrogen-bond acceptors (Lipinski definition) is 11. The molecule has 0 saturated carbocycles. The van der Waals surface area contributed by atoms with Crippen molar-refractivity contribution in [1.29, 1.82) is 0 Å². The molecule has 0 aliphatic carbocycles. The monoisotopic (exact) mass is 587 g/mol. The number of hydrogen-bond donors (Lipinski definition) is 5. The van der Waals surface area contributed by atoms with Gasteiger partial charge in [0.25, 0.3) is 5.56 Å². The van der Waals surface area contributed by atoms with E-state index in [9.17, 15) is 34.3 Å². The molecule has 5 atom stereocenters. The van der Waals surface area contributed by atoms with Gasteiger partial charge in [-0.2, -0.15) is 0 Å². The van der Waals surface area contributed by atoms with E-state index in [0.717, 1.165) is 34.2 Å². The molecule has 1 fully saturated rings. The number of aliphatic hydroxyl groups is 3. The van der Waals surface area contributed by atoms with Crippen molar-refractivity contribution in [3.8, 4) is 0 Å². The molecule has 5 N–H and O–H groups in total. The Bertz CT molecular complexity index is 1280. The van der Waals surface area contributed by atoms with E-state index in [1.165, 1.54) is 6.92 Å². The zero-order chi connectivity index (χ0) is 28.8. The van der Waals surface area contributed by atoms with Crippen LogP contribution in [-0.4, -0.2) is 73.4 Å². The third-order valence-electron chi connectivity index (χ3n) is 6.19. The molecule has 2 unspecified atom stereocenters. The minimum absolute atomic E-state index is 0.113. The van der Waals surface area contributed by atoms with Crippen molar-refractivity contribution in [2.45, 2.75) is 51.4 Å². The van der Waals surface area contributed by atoms with Crippen LogP contribution >= 0.6 is 19.5 Å². The minimum Gasteiger partial charge on any atom is -0.395 e. The van der Waals surface area contributed by atoms with Crippen molar-refractivity contribution in [3.63, 3.8) is 0 Å². The van der Waals surface area contributed by atoms with Crippen LogP contribution in [0.25, 0.3) is 0 Å². The molecule has 1 aliphatic rings. The zero-order valence-corrected chi connectivity index (χ0v) is 23.5. The summed E-state index contributed by atoms with van der Waals surface area (Å²) in [4.78, 5) is 37.9. The average Bonchev–Trinajstić information content (AvgIpc) is 3.12. The largest absolute Gasteiger partial charge is 0.405 e.